The van der Waals surface area contributed by atoms with Gasteiger partial charge in [-0.1, -0.05) is 66.4 Å². The molecule has 0 spiro atoms. The first kappa shape index (κ1) is 23.8. The lowest BCUT2D eigenvalue weighted by Crippen LogP contribution is -2.31. The molecular formula is C25H21F3N2O3S. The van der Waals surface area contributed by atoms with E-state index in [1.165, 1.54) is 11.8 Å². The Hall–Kier alpha value is -3.30. The van der Waals surface area contributed by atoms with Crippen molar-refractivity contribution in [2.24, 2.45) is 5.73 Å². The fourth-order valence-corrected chi connectivity index (χ4v) is 5.36. The molecule has 0 fully saturated rings. The van der Waals surface area contributed by atoms with Gasteiger partial charge in [-0.15, -0.1) is 0 Å². The van der Waals surface area contributed by atoms with Crippen molar-refractivity contribution < 1.29 is 27.5 Å². The van der Waals surface area contributed by atoms with Gasteiger partial charge in [-0.2, -0.15) is 13.2 Å². The Bertz CT molecular complexity index is 1230. The number of rotatable bonds is 5. The van der Waals surface area contributed by atoms with E-state index in [1.54, 1.807) is 42.5 Å². The van der Waals surface area contributed by atoms with Crippen LogP contribution in [0.4, 0.5) is 24.5 Å². The molecule has 1 heterocycles. The van der Waals surface area contributed by atoms with Crippen LogP contribution in [0.2, 0.25) is 0 Å². The van der Waals surface area contributed by atoms with Crippen molar-refractivity contribution >= 4 is 35.1 Å². The number of anilines is 2. The minimum Gasteiger partial charge on any atom is -0.386 e. The molecule has 3 aromatic carbocycles. The number of benzene rings is 3. The zero-order valence-corrected chi connectivity index (χ0v) is 19.0. The summed E-state index contributed by atoms with van der Waals surface area (Å²) in [5.41, 5.74) is 9.77. The number of hydrogen-bond donors (Lipinski definition) is 1. The molecule has 1 atom stereocenters. The maximum absolute atomic E-state index is 13.0. The van der Waals surface area contributed by atoms with Gasteiger partial charge in [0.25, 0.3) is 0 Å². The Morgan fingerprint density at radius 3 is 2.26 bits per heavy atom. The third-order valence-corrected chi connectivity index (χ3v) is 6.94. The molecule has 0 amide bonds. The number of halogens is 3. The summed E-state index contributed by atoms with van der Waals surface area (Å²) in [6.07, 6.45) is -5.20. The number of esters is 2. The highest BCUT2D eigenvalue weighted by molar-refractivity contribution is 7.99. The number of hydrogen-bond acceptors (Lipinski definition) is 6. The first-order valence-corrected chi connectivity index (χ1v) is 11.3. The van der Waals surface area contributed by atoms with Gasteiger partial charge >= 0.3 is 18.1 Å². The molecule has 3 aromatic rings. The molecule has 0 saturated carbocycles. The molecule has 0 aliphatic carbocycles. The normalized spacial score (nSPS) is 13.6. The van der Waals surface area contributed by atoms with Crippen LogP contribution < -0.4 is 10.6 Å². The van der Waals surface area contributed by atoms with Crippen molar-refractivity contribution in [2.45, 2.75) is 34.9 Å². The van der Waals surface area contributed by atoms with E-state index in [2.05, 4.69) is 4.74 Å². The summed E-state index contributed by atoms with van der Waals surface area (Å²) in [7, 11) is 1.87. The molecule has 0 bridgehead atoms. The third-order valence-electron chi connectivity index (χ3n) is 5.61. The van der Waals surface area contributed by atoms with E-state index in [0.29, 0.717) is 17.0 Å². The topological polar surface area (TPSA) is 72.6 Å². The fourth-order valence-electron chi connectivity index (χ4n) is 3.93. The number of fused-ring (bicyclic) bond motifs is 2. The van der Waals surface area contributed by atoms with Gasteiger partial charge in [0.1, 0.15) is 0 Å². The largest absolute Gasteiger partial charge is 0.491 e. The predicted octanol–water partition coefficient (Wildman–Crippen LogP) is 5.34. The highest BCUT2D eigenvalue weighted by atomic mass is 32.2. The molecule has 5 nitrogen and oxygen atoms in total. The summed E-state index contributed by atoms with van der Waals surface area (Å²) in [4.78, 5) is 28.0. The molecule has 9 heteroatoms. The molecule has 176 valence electrons. The van der Waals surface area contributed by atoms with Crippen molar-refractivity contribution in [2.75, 3.05) is 11.9 Å². The summed E-state index contributed by atoms with van der Waals surface area (Å²) in [6.45, 7) is 0.303. The van der Waals surface area contributed by atoms with E-state index in [1.807, 2.05) is 36.2 Å². The van der Waals surface area contributed by atoms with Gasteiger partial charge in [0.05, 0.1) is 17.3 Å². The lowest BCUT2D eigenvalue weighted by molar-refractivity contribution is -0.202. The quantitative estimate of drug-likeness (QED) is 0.388. The van der Waals surface area contributed by atoms with Crippen LogP contribution in [0.1, 0.15) is 22.6 Å². The number of ether oxygens (including phenoxy) is 1. The minimum atomic E-state index is -5.27. The van der Waals surface area contributed by atoms with E-state index >= 15 is 0 Å². The van der Waals surface area contributed by atoms with E-state index in [-0.39, 0.29) is 6.42 Å². The molecule has 0 aromatic heterocycles. The van der Waals surface area contributed by atoms with Crippen LogP contribution in [0.3, 0.4) is 0 Å². The molecule has 34 heavy (non-hydrogen) atoms. The van der Waals surface area contributed by atoms with Gasteiger partial charge in [-0.3, -0.25) is 4.79 Å². The Balaban J connectivity index is 1.79. The molecule has 1 aliphatic heterocycles. The zero-order valence-electron chi connectivity index (χ0n) is 18.1. The predicted molar refractivity (Wildman–Crippen MR) is 123 cm³/mol. The Labute approximate surface area is 198 Å². The SMILES string of the molecule is CN1c2cccc(CN)c2Sc2c(C(Cc3ccccc3)C(=O)OC(=O)C(F)(F)F)cccc21. The summed E-state index contributed by atoms with van der Waals surface area (Å²) >= 11 is 1.41. The molecule has 1 aliphatic rings. The van der Waals surface area contributed by atoms with Crippen LogP contribution in [0.25, 0.3) is 0 Å². The van der Waals surface area contributed by atoms with Crippen molar-refractivity contribution in [1.82, 2.24) is 0 Å². The van der Waals surface area contributed by atoms with Gasteiger partial charge in [0.15, 0.2) is 0 Å². The van der Waals surface area contributed by atoms with Crippen molar-refractivity contribution in [3.8, 4) is 0 Å². The van der Waals surface area contributed by atoms with Gasteiger partial charge in [-0.25, -0.2) is 4.79 Å². The number of alkyl halides is 3. The van der Waals surface area contributed by atoms with Crippen LogP contribution in [-0.2, 0) is 27.3 Å². The van der Waals surface area contributed by atoms with E-state index in [9.17, 15) is 22.8 Å². The zero-order chi connectivity index (χ0) is 24.5. The van der Waals surface area contributed by atoms with Gasteiger partial charge in [0, 0.05) is 23.4 Å². The lowest BCUT2D eigenvalue weighted by Gasteiger charge is -2.33. The maximum Gasteiger partial charge on any atom is 0.491 e. The Morgan fingerprint density at radius 2 is 1.62 bits per heavy atom. The second-order valence-corrected chi connectivity index (χ2v) is 8.80. The smallest absolute Gasteiger partial charge is 0.386 e. The monoisotopic (exact) mass is 486 g/mol. The average molecular weight is 487 g/mol. The van der Waals surface area contributed by atoms with Gasteiger partial charge in [-0.05, 0) is 35.2 Å². The summed E-state index contributed by atoms with van der Waals surface area (Å²) < 4.78 is 42.8. The van der Waals surface area contributed by atoms with E-state index < -0.39 is 24.0 Å². The standard InChI is InChI=1S/C25H21F3N2O3S/c1-30-19-11-5-9-16(14-29)21(19)34-22-17(10-6-12-20(22)30)18(13-15-7-3-2-4-8-15)23(31)33-24(32)25(26,27)28/h2-12,18H,13-14,29H2,1H3. The Kier molecular flexibility index (Phi) is 6.67. The number of nitrogens with two attached hydrogens (primary N) is 1. The summed E-state index contributed by atoms with van der Waals surface area (Å²) in [6, 6.07) is 19.9. The van der Waals surface area contributed by atoms with E-state index in [4.69, 9.17) is 5.73 Å². The molecule has 4 rings (SSSR count). The Morgan fingerprint density at radius 1 is 0.971 bits per heavy atom. The second-order valence-electron chi connectivity index (χ2n) is 7.77. The van der Waals surface area contributed by atoms with Crippen LogP contribution in [-0.4, -0.2) is 25.2 Å². The van der Waals surface area contributed by atoms with Crippen LogP contribution in [0.15, 0.2) is 76.5 Å². The summed E-state index contributed by atoms with van der Waals surface area (Å²) in [5.74, 6) is -4.90. The first-order chi connectivity index (χ1) is 16.2. The number of nitrogens with zero attached hydrogens (tertiary/aromatic N) is 1. The molecular weight excluding hydrogens is 465 g/mol. The molecule has 0 saturated heterocycles. The summed E-state index contributed by atoms with van der Waals surface area (Å²) in [5, 5.41) is 0. The number of carbonyl (C=O) groups excluding carboxylic acids is 2. The van der Waals surface area contributed by atoms with Crippen molar-refractivity contribution in [3.05, 3.63) is 83.4 Å². The van der Waals surface area contributed by atoms with Crippen molar-refractivity contribution in [1.29, 1.82) is 0 Å². The second kappa shape index (κ2) is 9.52. The van der Waals surface area contributed by atoms with Gasteiger partial charge in [0.2, 0.25) is 0 Å². The molecule has 0 radical (unpaired) electrons. The van der Waals surface area contributed by atoms with Crippen LogP contribution >= 0.6 is 11.8 Å². The number of carbonyl (C=O) groups is 2. The minimum absolute atomic E-state index is 0.0664. The molecule has 1 unspecified atom stereocenters. The lowest BCUT2D eigenvalue weighted by atomic mass is 9.91. The average Bonchev–Trinajstić information content (AvgIpc) is 2.82. The van der Waals surface area contributed by atoms with Crippen LogP contribution in [0.5, 0.6) is 0 Å². The fraction of sp³-hybridized carbons (Fsp3) is 0.200. The van der Waals surface area contributed by atoms with Crippen LogP contribution in [0, 0.1) is 0 Å². The molecule has 2 N–H and O–H groups in total. The highest BCUT2D eigenvalue weighted by Crippen LogP contribution is 2.51. The maximum atomic E-state index is 13.0. The van der Waals surface area contributed by atoms with Gasteiger partial charge < -0.3 is 15.4 Å². The first-order valence-electron chi connectivity index (χ1n) is 10.4. The third kappa shape index (κ3) is 4.67. The van der Waals surface area contributed by atoms with Crippen molar-refractivity contribution in [3.63, 3.8) is 0 Å². The highest BCUT2D eigenvalue weighted by Gasteiger charge is 2.44. The van der Waals surface area contributed by atoms with E-state index in [0.717, 1.165) is 27.4 Å².